The van der Waals surface area contributed by atoms with Crippen LogP contribution in [0.3, 0.4) is 0 Å². The molecule has 2 nitrogen and oxygen atoms in total. The molecule has 0 saturated carbocycles. The van der Waals surface area contributed by atoms with Gasteiger partial charge in [0.15, 0.2) is 0 Å². The highest BCUT2D eigenvalue weighted by Crippen LogP contribution is 2.30. The van der Waals surface area contributed by atoms with Crippen LogP contribution in [0.5, 0.6) is 0 Å². The van der Waals surface area contributed by atoms with Gasteiger partial charge in [-0.25, -0.2) is 4.98 Å². The van der Waals surface area contributed by atoms with E-state index in [1.807, 2.05) is 12.3 Å². The smallest absolute Gasteiger partial charge is 0.133 e. The van der Waals surface area contributed by atoms with Crippen LogP contribution in [0.1, 0.15) is 16.7 Å². The molecule has 4 heteroatoms. The Kier molecular flexibility index (Phi) is 3.27. The Hall–Kier alpha value is -1.06. The molecule has 0 unspecified atom stereocenters. The molecule has 2 heterocycles. The number of alkyl halides is 1. The van der Waals surface area contributed by atoms with Crippen molar-refractivity contribution in [3.05, 3.63) is 57.7 Å². The van der Waals surface area contributed by atoms with Crippen LogP contribution in [0.15, 0.2) is 41.0 Å². The number of pyridine rings is 1. The number of rotatable bonds is 2. The van der Waals surface area contributed by atoms with E-state index in [2.05, 4.69) is 50.1 Å². The Bertz CT molecular complexity index is 561. The third-order valence-corrected chi connectivity index (χ3v) is 3.92. The summed E-state index contributed by atoms with van der Waals surface area (Å²) < 4.78 is 0.971. The third-order valence-electron chi connectivity index (χ3n) is 3.19. The molecule has 0 aliphatic carbocycles. The molecule has 1 aromatic heterocycles. The van der Waals surface area contributed by atoms with Gasteiger partial charge in [-0.15, -0.1) is 11.6 Å². The van der Waals surface area contributed by atoms with E-state index in [0.29, 0.717) is 5.88 Å². The minimum atomic E-state index is 0.481. The predicted octanol–water partition coefficient (Wildman–Crippen LogP) is 4.10. The third kappa shape index (κ3) is 2.13. The molecule has 2 aromatic rings. The molecule has 18 heavy (non-hydrogen) atoms. The second kappa shape index (κ2) is 4.90. The number of benzene rings is 1. The fourth-order valence-corrected chi connectivity index (χ4v) is 2.92. The molecule has 0 radical (unpaired) electrons. The van der Waals surface area contributed by atoms with E-state index in [-0.39, 0.29) is 0 Å². The van der Waals surface area contributed by atoms with Gasteiger partial charge in [0.05, 0.1) is 5.88 Å². The van der Waals surface area contributed by atoms with Crippen LogP contribution in [0.25, 0.3) is 0 Å². The number of halogens is 2. The van der Waals surface area contributed by atoms with E-state index in [4.69, 9.17) is 11.6 Å². The number of hydrogen-bond acceptors (Lipinski definition) is 2. The second-order valence-electron chi connectivity index (χ2n) is 4.39. The molecule has 0 fully saturated rings. The zero-order valence-corrected chi connectivity index (χ0v) is 12.1. The van der Waals surface area contributed by atoms with Crippen molar-refractivity contribution in [3.8, 4) is 0 Å². The number of fused-ring (bicyclic) bond motifs is 1. The average molecular weight is 324 g/mol. The van der Waals surface area contributed by atoms with Gasteiger partial charge in [-0.05, 0) is 33.1 Å². The van der Waals surface area contributed by atoms with Crippen LogP contribution in [-0.2, 0) is 19.0 Å². The maximum atomic E-state index is 6.01. The summed E-state index contributed by atoms with van der Waals surface area (Å²) in [5.41, 5.74) is 3.82. The van der Waals surface area contributed by atoms with E-state index in [1.165, 1.54) is 11.1 Å². The van der Waals surface area contributed by atoms with Crippen LogP contribution in [0.2, 0.25) is 0 Å². The molecular formula is C14H12BrClN2. The van der Waals surface area contributed by atoms with Crippen molar-refractivity contribution in [1.29, 1.82) is 0 Å². The van der Waals surface area contributed by atoms with E-state index >= 15 is 0 Å². The van der Waals surface area contributed by atoms with Crippen molar-refractivity contribution in [2.75, 3.05) is 4.90 Å². The minimum absolute atomic E-state index is 0.481. The summed E-state index contributed by atoms with van der Waals surface area (Å²) in [6.07, 6.45) is 1.83. The van der Waals surface area contributed by atoms with E-state index < -0.39 is 0 Å². The fourth-order valence-electron chi connectivity index (χ4n) is 2.34. The lowest BCUT2D eigenvalue weighted by molar-refractivity contribution is 0.848. The van der Waals surface area contributed by atoms with Gasteiger partial charge in [0, 0.05) is 29.3 Å². The summed E-state index contributed by atoms with van der Waals surface area (Å²) in [7, 11) is 0. The van der Waals surface area contributed by atoms with Crippen molar-refractivity contribution in [1.82, 2.24) is 4.98 Å². The molecule has 0 atom stereocenters. The Balaban J connectivity index is 1.95. The zero-order chi connectivity index (χ0) is 12.5. The van der Waals surface area contributed by atoms with Gasteiger partial charge in [0.2, 0.25) is 0 Å². The standard InChI is InChI=1S/C14H12BrClN2/c15-13-5-12(6-16)14(17-7-13)18-8-10-3-1-2-4-11(10)9-18/h1-5,7H,6,8-9H2. The highest BCUT2D eigenvalue weighted by molar-refractivity contribution is 9.10. The van der Waals surface area contributed by atoms with Gasteiger partial charge in [0.1, 0.15) is 5.82 Å². The molecule has 0 bridgehead atoms. The largest absolute Gasteiger partial charge is 0.348 e. The van der Waals surface area contributed by atoms with Crippen LogP contribution < -0.4 is 4.90 Å². The summed E-state index contributed by atoms with van der Waals surface area (Å²) in [5, 5.41) is 0. The lowest BCUT2D eigenvalue weighted by Crippen LogP contribution is -2.17. The lowest BCUT2D eigenvalue weighted by atomic mass is 10.1. The quantitative estimate of drug-likeness (QED) is 0.773. The van der Waals surface area contributed by atoms with Gasteiger partial charge >= 0.3 is 0 Å². The fraction of sp³-hybridized carbons (Fsp3) is 0.214. The van der Waals surface area contributed by atoms with E-state index in [9.17, 15) is 0 Å². The summed E-state index contributed by atoms with van der Waals surface area (Å²) in [6, 6.07) is 10.6. The first-order chi connectivity index (χ1) is 8.78. The zero-order valence-electron chi connectivity index (χ0n) is 9.74. The Morgan fingerprint density at radius 2 is 1.89 bits per heavy atom. The van der Waals surface area contributed by atoms with Crippen LogP contribution in [0.4, 0.5) is 5.82 Å². The maximum absolute atomic E-state index is 6.01. The SMILES string of the molecule is ClCc1cc(Br)cnc1N1Cc2ccccc2C1. The lowest BCUT2D eigenvalue weighted by Gasteiger charge is -2.19. The topological polar surface area (TPSA) is 16.1 Å². The first kappa shape index (κ1) is 12.0. The molecule has 0 saturated heterocycles. The predicted molar refractivity (Wildman–Crippen MR) is 77.8 cm³/mol. The molecule has 0 amide bonds. The van der Waals surface area contributed by atoms with Crippen molar-refractivity contribution >= 4 is 33.3 Å². The van der Waals surface area contributed by atoms with Gasteiger partial charge in [-0.3, -0.25) is 0 Å². The Morgan fingerprint density at radius 1 is 1.22 bits per heavy atom. The van der Waals surface area contributed by atoms with Crippen LogP contribution >= 0.6 is 27.5 Å². The number of aromatic nitrogens is 1. The first-order valence-electron chi connectivity index (χ1n) is 5.80. The summed E-state index contributed by atoms with van der Waals surface area (Å²) >= 11 is 9.44. The molecule has 3 rings (SSSR count). The molecule has 92 valence electrons. The summed E-state index contributed by atoms with van der Waals surface area (Å²) in [5.74, 6) is 1.47. The van der Waals surface area contributed by atoms with Crippen molar-refractivity contribution in [2.45, 2.75) is 19.0 Å². The average Bonchev–Trinajstić information content (AvgIpc) is 2.82. The first-order valence-corrected chi connectivity index (χ1v) is 7.13. The number of anilines is 1. The highest BCUT2D eigenvalue weighted by atomic mass is 79.9. The van der Waals surface area contributed by atoms with Crippen molar-refractivity contribution < 1.29 is 0 Å². The van der Waals surface area contributed by atoms with Gasteiger partial charge in [-0.1, -0.05) is 24.3 Å². The molecule has 1 aliphatic rings. The van der Waals surface area contributed by atoms with Crippen LogP contribution in [0, 0.1) is 0 Å². The molecule has 0 N–H and O–H groups in total. The monoisotopic (exact) mass is 322 g/mol. The van der Waals surface area contributed by atoms with E-state index in [1.54, 1.807) is 0 Å². The highest BCUT2D eigenvalue weighted by Gasteiger charge is 2.21. The number of hydrogen-bond donors (Lipinski definition) is 0. The number of nitrogens with zero attached hydrogens (tertiary/aromatic N) is 2. The summed E-state index contributed by atoms with van der Waals surface area (Å²) in [4.78, 5) is 6.78. The van der Waals surface area contributed by atoms with Crippen molar-refractivity contribution in [2.24, 2.45) is 0 Å². The minimum Gasteiger partial charge on any atom is -0.348 e. The van der Waals surface area contributed by atoms with Gasteiger partial charge in [-0.2, -0.15) is 0 Å². The van der Waals surface area contributed by atoms with Gasteiger partial charge < -0.3 is 4.90 Å². The Morgan fingerprint density at radius 3 is 2.50 bits per heavy atom. The second-order valence-corrected chi connectivity index (χ2v) is 5.58. The van der Waals surface area contributed by atoms with E-state index in [0.717, 1.165) is 28.9 Å². The molecule has 1 aliphatic heterocycles. The molecule has 1 aromatic carbocycles. The molecular weight excluding hydrogens is 312 g/mol. The maximum Gasteiger partial charge on any atom is 0.133 e. The summed E-state index contributed by atoms with van der Waals surface area (Å²) in [6.45, 7) is 1.82. The van der Waals surface area contributed by atoms with Crippen molar-refractivity contribution in [3.63, 3.8) is 0 Å². The van der Waals surface area contributed by atoms with Crippen LogP contribution in [-0.4, -0.2) is 4.98 Å². The normalized spacial score (nSPS) is 13.8. The van der Waals surface area contributed by atoms with Gasteiger partial charge in [0.25, 0.3) is 0 Å². The Labute approximate surface area is 120 Å². The molecule has 0 spiro atoms.